The molecule has 2 rings (SSSR count). The molecule has 15 heavy (non-hydrogen) atoms. The third kappa shape index (κ3) is 1.92. The Bertz CT molecular complexity index is 468. The molecular formula is C14H15N. The fraction of sp³-hybridized carbons (Fsp3) is 0.143. The molecule has 0 aliphatic rings. The standard InChI is InChI=1S/C14H15N/c1-2-6-14(15)13-10-5-8-11-7-3-4-9-12(11)13/h2-5,7-10,14H,1,6,15H2/t14-/m1/s1. The van der Waals surface area contributed by atoms with Gasteiger partial charge in [0.1, 0.15) is 0 Å². The predicted molar refractivity (Wildman–Crippen MR) is 65.7 cm³/mol. The smallest absolute Gasteiger partial charge is 0.0335 e. The van der Waals surface area contributed by atoms with Gasteiger partial charge in [0.2, 0.25) is 0 Å². The molecule has 0 saturated heterocycles. The molecule has 0 amide bonds. The van der Waals surface area contributed by atoms with E-state index in [1.807, 2.05) is 18.2 Å². The zero-order valence-electron chi connectivity index (χ0n) is 8.69. The lowest BCUT2D eigenvalue weighted by Gasteiger charge is -2.12. The minimum absolute atomic E-state index is 0.0496. The number of rotatable bonds is 3. The summed E-state index contributed by atoms with van der Waals surface area (Å²) in [5.74, 6) is 0. The molecule has 1 heteroatoms. The van der Waals surface area contributed by atoms with Crippen molar-refractivity contribution < 1.29 is 0 Å². The van der Waals surface area contributed by atoms with E-state index in [-0.39, 0.29) is 6.04 Å². The van der Waals surface area contributed by atoms with Crippen molar-refractivity contribution in [3.8, 4) is 0 Å². The Labute approximate surface area is 90.2 Å². The first-order chi connectivity index (χ1) is 7.33. The van der Waals surface area contributed by atoms with E-state index in [0.29, 0.717) is 0 Å². The van der Waals surface area contributed by atoms with E-state index in [2.05, 4.69) is 36.9 Å². The van der Waals surface area contributed by atoms with Crippen molar-refractivity contribution in [2.45, 2.75) is 12.5 Å². The summed E-state index contributed by atoms with van der Waals surface area (Å²) >= 11 is 0. The van der Waals surface area contributed by atoms with E-state index >= 15 is 0 Å². The number of hydrogen-bond acceptors (Lipinski definition) is 1. The zero-order chi connectivity index (χ0) is 10.7. The van der Waals surface area contributed by atoms with E-state index in [9.17, 15) is 0 Å². The monoisotopic (exact) mass is 197 g/mol. The van der Waals surface area contributed by atoms with Gasteiger partial charge in [0.25, 0.3) is 0 Å². The van der Waals surface area contributed by atoms with Crippen LogP contribution in [0, 0.1) is 0 Å². The Morgan fingerprint density at radius 2 is 1.87 bits per heavy atom. The Morgan fingerprint density at radius 3 is 2.67 bits per heavy atom. The number of fused-ring (bicyclic) bond motifs is 1. The van der Waals surface area contributed by atoms with Gasteiger partial charge >= 0.3 is 0 Å². The molecule has 0 aliphatic heterocycles. The van der Waals surface area contributed by atoms with Crippen molar-refractivity contribution in [3.63, 3.8) is 0 Å². The molecule has 2 N–H and O–H groups in total. The Kier molecular flexibility index (Phi) is 2.84. The third-order valence-corrected chi connectivity index (χ3v) is 2.64. The molecule has 0 unspecified atom stereocenters. The first-order valence-electron chi connectivity index (χ1n) is 5.17. The second kappa shape index (κ2) is 4.28. The number of hydrogen-bond donors (Lipinski definition) is 1. The molecule has 0 bridgehead atoms. The summed E-state index contributed by atoms with van der Waals surface area (Å²) in [5, 5.41) is 2.49. The molecule has 2 aromatic rings. The SMILES string of the molecule is C=CC[C@@H](N)c1cccc2ccccc12. The Hall–Kier alpha value is -1.60. The average molecular weight is 197 g/mol. The second-order valence-electron chi connectivity index (χ2n) is 3.70. The lowest BCUT2D eigenvalue weighted by Crippen LogP contribution is -2.09. The van der Waals surface area contributed by atoms with Gasteiger partial charge in [-0.05, 0) is 22.8 Å². The topological polar surface area (TPSA) is 26.0 Å². The van der Waals surface area contributed by atoms with Gasteiger partial charge in [0.05, 0.1) is 0 Å². The van der Waals surface area contributed by atoms with Crippen molar-refractivity contribution in [1.82, 2.24) is 0 Å². The van der Waals surface area contributed by atoms with Gasteiger partial charge in [-0.15, -0.1) is 6.58 Å². The van der Waals surface area contributed by atoms with E-state index in [4.69, 9.17) is 5.73 Å². The molecule has 0 fully saturated rings. The molecule has 1 atom stereocenters. The summed E-state index contributed by atoms with van der Waals surface area (Å²) in [4.78, 5) is 0. The highest BCUT2D eigenvalue weighted by Crippen LogP contribution is 2.24. The summed E-state index contributed by atoms with van der Waals surface area (Å²) < 4.78 is 0. The molecule has 76 valence electrons. The minimum Gasteiger partial charge on any atom is -0.324 e. The van der Waals surface area contributed by atoms with E-state index in [1.54, 1.807) is 0 Å². The maximum Gasteiger partial charge on any atom is 0.0335 e. The maximum atomic E-state index is 6.10. The second-order valence-corrected chi connectivity index (χ2v) is 3.70. The highest BCUT2D eigenvalue weighted by molar-refractivity contribution is 5.86. The van der Waals surface area contributed by atoms with Crippen molar-refractivity contribution >= 4 is 10.8 Å². The van der Waals surface area contributed by atoms with Crippen LogP contribution < -0.4 is 5.73 Å². The first-order valence-corrected chi connectivity index (χ1v) is 5.17. The minimum atomic E-state index is 0.0496. The van der Waals surface area contributed by atoms with Gasteiger partial charge in [-0.2, -0.15) is 0 Å². The van der Waals surface area contributed by atoms with Crippen LogP contribution >= 0.6 is 0 Å². The van der Waals surface area contributed by atoms with Crippen LogP contribution in [0.2, 0.25) is 0 Å². The molecular weight excluding hydrogens is 182 g/mol. The van der Waals surface area contributed by atoms with Gasteiger partial charge < -0.3 is 5.73 Å². The van der Waals surface area contributed by atoms with Crippen LogP contribution in [-0.4, -0.2) is 0 Å². The van der Waals surface area contributed by atoms with Gasteiger partial charge in [0.15, 0.2) is 0 Å². The largest absolute Gasteiger partial charge is 0.324 e. The highest BCUT2D eigenvalue weighted by Gasteiger charge is 2.07. The Balaban J connectivity index is 2.55. The highest BCUT2D eigenvalue weighted by atomic mass is 14.6. The molecule has 0 heterocycles. The Morgan fingerprint density at radius 1 is 1.13 bits per heavy atom. The van der Waals surface area contributed by atoms with Crippen molar-refractivity contribution in [2.24, 2.45) is 5.73 Å². The van der Waals surface area contributed by atoms with Crippen LogP contribution in [0.1, 0.15) is 18.0 Å². The lowest BCUT2D eigenvalue weighted by molar-refractivity contribution is 0.748. The summed E-state index contributed by atoms with van der Waals surface area (Å²) in [6, 6.07) is 14.6. The first kappa shape index (κ1) is 9.94. The van der Waals surface area contributed by atoms with Gasteiger partial charge in [-0.3, -0.25) is 0 Å². The maximum absolute atomic E-state index is 6.10. The van der Waals surface area contributed by atoms with E-state index in [1.165, 1.54) is 16.3 Å². The summed E-state index contributed by atoms with van der Waals surface area (Å²) in [5.41, 5.74) is 7.30. The molecule has 2 aromatic carbocycles. The molecule has 0 spiro atoms. The zero-order valence-corrected chi connectivity index (χ0v) is 8.69. The van der Waals surface area contributed by atoms with Crippen LogP contribution in [-0.2, 0) is 0 Å². The quantitative estimate of drug-likeness (QED) is 0.750. The van der Waals surface area contributed by atoms with Crippen LogP contribution in [0.15, 0.2) is 55.1 Å². The molecule has 0 saturated carbocycles. The fourth-order valence-corrected chi connectivity index (χ4v) is 1.88. The third-order valence-electron chi connectivity index (χ3n) is 2.64. The van der Waals surface area contributed by atoms with Gasteiger partial charge in [0, 0.05) is 6.04 Å². The van der Waals surface area contributed by atoms with E-state index < -0.39 is 0 Å². The number of benzene rings is 2. The summed E-state index contributed by atoms with van der Waals surface area (Å²) in [6.07, 6.45) is 2.68. The van der Waals surface area contributed by atoms with Gasteiger partial charge in [-0.25, -0.2) is 0 Å². The lowest BCUT2D eigenvalue weighted by atomic mass is 9.97. The summed E-state index contributed by atoms with van der Waals surface area (Å²) in [7, 11) is 0. The molecule has 0 aromatic heterocycles. The molecule has 0 radical (unpaired) electrons. The van der Waals surface area contributed by atoms with Crippen LogP contribution in [0.3, 0.4) is 0 Å². The van der Waals surface area contributed by atoms with Crippen LogP contribution in [0.4, 0.5) is 0 Å². The van der Waals surface area contributed by atoms with Crippen molar-refractivity contribution in [1.29, 1.82) is 0 Å². The van der Waals surface area contributed by atoms with Crippen molar-refractivity contribution in [2.75, 3.05) is 0 Å². The van der Waals surface area contributed by atoms with E-state index in [0.717, 1.165) is 6.42 Å². The number of nitrogens with two attached hydrogens (primary N) is 1. The van der Waals surface area contributed by atoms with Gasteiger partial charge in [-0.1, -0.05) is 48.5 Å². The molecule has 1 nitrogen and oxygen atoms in total. The predicted octanol–water partition coefficient (Wildman–Crippen LogP) is 3.42. The normalized spacial score (nSPS) is 12.6. The fourth-order valence-electron chi connectivity index (χ4n) is 1.88. The summed E-state index contributed by atoms with van der Waals surface area (Å²) in [6.45, 7) is 3.73. The van der Waals surface area contributed by atoms with Crippen LogP contribution in [0.25, 0.3) is 10.8 Å². The molecule has 0 aliphatic carbocycles. The van der Waals surface area contributed by atoms with Crippen molar-refractivity contribution in [3.05, 3.63) is 60.7 Å². The average Bonchev–Trinajstić information content (AvgIpc) is 2.28. The van der Waals surface area contributed by atoms with Crippen LogP contribution in [0.5, 0.6) is 0 Å².